The van der Waals surface area contributed by atoms with Gasteiger partial charge in [-0.1, -0.05) is 0 Å². The van der Waals surface area contributed by atoms with Crippen molar-refractivity contribution in [2.75, 3.05) is 0 Å². The van der Waals surface area contributed by atoms with Crippen molar-refractivity contribution in [1.29, 1.82) is 0 Å². The molecule has 0 radical (unpaired) electrons. The summed E-state index contributed by atoms with van der Waals surface area (Å²) >= 11 is 0. The Morgan fingerprint density at radius 3 is 2.91 bits per heavy atom. The Hall–Kier alpha value is -2.83. The Labute approximate surface area is 127 Å². The molecule has 0 fully saturated rings. The molecule has 2 N–H and O–H groups in total. The quantitative estimate of drug-likeness (QED) is 0.751. The van der Waals surface area contributed by atoms with Gasteiger partial charge >= 0.3 is 0 Å². The van der Waals surface area contributed by atoms with Gasteiger partial charge in [0, 0.05) is 11.9 Å². The van der Waals surface area contributed by atoms with Crippen LogP contribution < -0.4 is 5.32 Å². The van der Waals surface area contributed by atoms with E-state index in [2.05, 4.69) is 20.6 Å². The van der Waals surface area contributed by atoms with Crippen molar-refractivity contribution in [3.8, 4) is 0 Å². The van der Waals surface area contributed by atoms with Crippen LogP contribution in [0.4, 0.5) is 0 Å². The van der Waals surface area contributed by atoms with E-state index in [4.69, 9.17) is 4.42 Å². The molecule has 0 saturated heterocycles. The number of nitrogens with one attached hydrogen (secondary N) is 2. The Bertz CT molecular complexity index is 770. The standard InChI is InChI=1S/C15H17N5O2/c1-10-7-11(2)20(19-10)9-13-3-4-14(22-13)15(21)16-8-12-5-6-17-18-12/h3-7H,8-9H2,1-2H3,(H,16,21)(H,17,18). The molecule has 114 valence electrons. The van der Waals surface area contributed by atoms with E-state index in [1.807, 2.05) is 24.6 Å². The van der Waals surface area contributed by atoms with Gasteiger partial charge in [-0.2, -0.15) is 10.2 Å². The first-order valence-corrected chi connectivity index (χ1v) is 6.98. The van der Waals surface area contributed by atoms with Gasteiger partial charge in [-0.15, -0.1) is 0 Å². The van der Waals surface area contributed by atoms with Crippen molar-refractivity contribution < 1.29 is 9.21 Å². The molecule has 0 aromatic carbocycles. The highest BCUT2D eigenvalue weighted by Gasteiger charge is 2.12. The van der Waals surface area contributed by atoms with Gasteiger partial charge in [0.05, 0.1) is 24.5 Å². The zero-order chi connectivity index (χ0) is 15.5. The summed E-state index contributed by atoms with van der Waals surface area (Å²) in [4.78, 5) is 12.0. The van der Waals surface area contributed by atoms with Gasteiger partial charge in [-0.3, -0.25) is 14.6 Å². The molecule has 3 aromatic rings. The summed E-state index contributed by atoms with van der Waals surface area (Å²) in [6.07, 6.45) is 1.64. The minimum atomic E-state index is -0.255. The third-order valence-electron chi connectivity index (χ3n) is 3.29. The molecule has 7 heteroatoms. The van der Waals surface area contributed by atoms with E-state index in [0.717, 1.165) is 17.1 Å². The minimum Gasteiger partial charge on any atom is -0.454 e. The van der Waals surface area contributed by atoms with Crippen molar-refractivity contribution in [2.45, 2.75) is 26.9 Å². The first-order valence-electron chi connectivity index (χ1n) is 6.98. The average Bonchev–Trinajstić information content (AvgIpc) is 3.20. The second kappa shape index (κ2) is 5.88. The monoisotopic (exact) mass is 299 g/mol. The number of hydrogen-bond donors (Lipinski definition) is 2. The molecule has 0 bridgehead atoms. The van der Waals surface area contributed by atoms with E-state index in [-0.39, 0.29) is 11.7 Å². The second-order valence-electron chi connectivity index (χ2n) is 5.12. The maximum absolute atomic E-state index is 12.0. The van der Waals surface area contributed by atoms with E-state index >= 15 is 0 Å². The zero-order valence-electron chi connectivity index (χ0n) is 12.5. The van der Waals surface area contributed by atoms with Gasteiger partial charge in [0.15, 0.2) is 5.76 Å². The molecule has 0 aliphatic rings. The number of nitrogens with zero attached hydrogens (tertiary/aromatic N) is 3. The van der Waals surface area contributed by atoms with Crippen molar-refractivity contribution in [2.24, 2.45) is 0 Å². The Morgan fingerprint density at radius 2 is 2.23 bits per heavy atom. The highest BCUT2D eigenvalue weighted by Crippen LogP contribution is 2.11. The van der Waals surface area contributed by atoms with Crippen LogP contribution in [0.15, 0.2) is 34.9 Å². The Kier molecular flexibility index (Phi) is 3.78. The topological polar surface area (TPSA) is 88.7 Å². The van der Waals surface area contributed by atoms with Crippen LogP contribution in [0.3, 0.4) is 0 Å². The van der Waals surface area contributed by atoms with Crippen LogP contribution in [-0.2, 0) is 13.1 Å². The molecule has 1 amide bonds. The van der Waals surface area contributed by atoms with Crippen LogP contribution in [0.2, 0.25) is 0 Å². The molecule has 0 aliphatic carbocycles. The first-order chi connectivity index (χ1) is 10.6. The minimum absolute atomic E-state index is 0.255. The number of hydrogen-bond acceptors (Lipinski definition) is 4. The van der Waals surface area contributed by atoms with E-state index in [1.54, 1.807) is 24.4 Å². The predicted octanol–water partition coefficient (Wildman–Crippen LogP) is 1.79. The number of aryl methyl sites for hydroxylation is 2. The number of H-pyrrole nitrogens is 1. The molecule has 3 heterocycles. The molecule has 0 aliphatic heterocycles. The third kappa shape index (κ3) is 3.08. The lowest BCUT2D eigenvalue weighted by molar-refractivity contribution is 0.0920. The van der Waals surface area contributed by atoms with E-state index in [1.165, 1.54) is 0 Å². The largest absolute Gasteiger partial charge is 0.454 e. The van der Waals surface area contributed by atoms with Crippen LogP contribution in [0.1, 0.15) is 33.4 Å². The molecule has 0 saturated carbocycles. The summed E-state index contributed by atoms with van der Waals surface area (Å²) in [5.74, 6) is 0.725. The summed E-state index contributed by atoms with van der Waals surface area (Å²) in [6.45, 7) is 4.82. The van der Waals surface area contributed by atoms with Crippen molar-refractivity contribution in [1.82, 2.24) is 25.3 Å². The van der Waals surface area contributed by atoms with Crippen molar-refractivity contribution >= 4 is 5.91 Å². The number of carbonyl (C=O) groups excluding carboxylic acids is 1. The molecule has 7 nitrogen and oxygen atoms in total. The Morgan fingerprint density at radius 1 is 1.36 bits per heavy atom. The van der Waals surface area contributed by atoms with E-state index < -0.39 is 0 Å². The second-order valence-corrected chi connectivity index (χ2v) is 5.12. The molecule has 3 aromatic heterocycles. The Balaban J connectivity index is 1.63. The van der Waals surface area contributed by atoms with Crippen LogP contribution in [0.25, 0.3) is 0 Å². The summed E-state index contributed by atoms with van der Waals surface area (Å²) in [7, 11) is 0. The van der Waals surface area contributed by atoms with Crippen LogP contribution in [0, 0.1) is 13.8 Å². The first kappa shape index (κ1) is 14.1. The smallest absolute Gasteiger partial charge is 0.287 e. The number of rotatable bonds is 5. The van der Waals surface area contributed by atoms with Crippen LogP contribution in [-0.4, -0.2) is 25.9 Å². The molecular formula is C15H17N5O2. The number of carbonyl (C=O) groups is 1. The van der Waals surface area contributed by atoms with Gasteiger partial charge in [-0.05, 0) is 38.1 Å². The zero-order valence-corrected chi connectivity index (χ0v) is 12.5. The highest BCUT2D eigenvalue weighted by molar-refractivity contribution is 5.91. The summed E-state index contributed by atoms with van der Waals surface area (Å²) in [5, 5.41) is 13.8. The predicted molar refractivity (Wildman–Crippen MR) is 79.3 cm³/mol. The molecule has 0 unspecified atom stereocenters. The van der Waals surface area contributed by atoms with Crippen molar-refractivity contribution in [3.63, 3.8) is 0 Å². The fraction of sp³-hybridized carbons (Fsp3) is 0.267. The van der Waals surface area contributed by atoms with Crippen LogP contribution in [0.5, 0.6) is 0 Å². The van der Waals surface area contributed by atoms with Crippen molar-refractivity contribution in [3.05, 3.63) is 59.1 Å². The molecule has 3 rings (SSSR count). The number of furan rings is 1. The normalized spacial score (nSPS) is 10.8. The maximum Gasteiger partial charge on any atom is 0.287 e. The fourth-order valence-electron chi connectivity index (χ4n) is 2.21. The summed E-state index contributed by atoms with van der Waals surface area (Å²) in [5.41, 5.74) is 2.85. The van der Waals surface area contributed by atoms with Gasteiger partial charge in [0.1, 0.15) is 5.76 Å². The SMILES string of the molecule is Cc1cc(C)n(Cc2ccc(C(=O)NCc3ccn[nH]3)o2)n1. The molecular weight excluding hydrogens is 282 g/mol. The van der Waals surface area contributed by atoms with Gasteiger partial charge in [-0.25, -0.2) is 0 Å². The van der Waals surface area contributed by atoms with Crippen LogP contribution >= 0.6 is 0 Å². The summed E-state index contributed by atoms with van der Waals surface area (Å²) in [6, 6.07) is 7.27. The molecule has 0 spiro atoms. The van der Waals surface area contributed by atoms with E-state index in [9.17, 15) is 4.79 Å². The number of aromatic amines is 1. The summed E-state index contributed by atoms with van der Waals surface area (Å²) < 4.78 is 7.43. The van der Waals surface area contributed by atoms with Gasteiger partial charge in [0.25, 0.3) is 5.91 Å². The van der Waals surface area contributed by atoms with Gasteiger partial charge in [0.2, 0.25) is 0 Å². The third-order valence-corrected chi connectivity index (χ3v) is 3.29. The number of aromatic nitrogens is 4. The number of amides is 1. The van der Waals surface area contributed by atoms with E-state index in [0.29, 0.717) is 18.8 Å². The molecule has 0 atom stereocenters. The lowest BCUT2D eigenvalue weighted by Crippen LogP contribution is -2.22. The maximum atomic E-state index is 12.0. The van der Waals surface area contributed by atoms with Gasteiger partial charge < -0.3 is 9.73 Å². The highest BCUT2D eigenvalue weighted by atomic mass is 16.4. The lowest BCUT2D eigenvalue weighted by atomic mass is 10.3. The fourth-order valence-corrected chi connectivity index (χ4v) is 2.21. The average molecular weight is 299 g/mol. The lowest BCUT2D eigenvalue weighted by Gasteiger charge is -2.02. The molecule has 22 heavy (non-hydrogen) atoms.